The van der Waals surface area contributed by atoms with Crippen molar-refractivity contribution < 1.29 is 27.9 Å². The number of hydrogen-bond acceptors (Lipinski definition) is 10. The molecule has 1 atom stereocenters. The van der Waals surface area contributed by atoms with E-state index in [-0.39, 0.29) is 11.6 Å². The molecule has 360 valence electrons. The number of methoxy groups -OCH3 is 2. The maximum Gasteiger partial charge on any atom is 0.172 e. The number of terminal acetylenes is 1. The number of rotatable bonds is 11. The molecule has 14 heteroatoms. The molecule has 3 aliphatic heterocycles. The normalized spacial score (nSPS) is 17.3. The number of ether oxygens (including phenoxy) is 2. The Bertz CT molecular complexity index is 2770. The summed E-state index contributed by atoms with van der Waals surface area (Å²) in [4.78, 5) is 26.8. The smallest absolute Gasteiger partial charge is 0.172 e. The summed E-state index contributed by atoms with van der Waals surface area (Å²) in [5, 5.41) is 4.43. The number of hydroxylamine groups is 1. The second-order valence-corrected chi connectivity index (χ2v) is 16.4. The molecular formula is C55H62F2N8O4. The first-order valence-electron chi connectivity index (χ1n) is 23.1. The largest absolute Gasteiger partial charge is 0.495 e. The molecule has 0 spiro atoms. The minimum Gasteiger partial charge on any atom is -0.495 e. The van der Waals surface area contributed by atoms with E-state index in [1.807, 2.05) is 85.6 Å². The van der Waals surface area contributed by atoms with Gasteiger partial charge in [0.2, 0.25) is 0 Å². The Hall–Kier alpha value is -7.50. The lowest BCUT2D eigenvalue weighted by molar-refractivity contribution is 0.00241. The van der Waals surface area contributed by atoms with Gasteiger partial charge >= 0.3 is 0 Å². The molecule has 0 bridgehead atoms. The van der Waals surface area contributed by atoms with Crippen molar-refractivity contribution in [2.45, 2.75) is 72.3 Å². The molecular weight excluding hydrogens is 875 g/mol. The summed E-state index contributed by atoms with van der Waals surface area (Å²) >= 11 is 0. The second kappa shape index (κ2) is 24.5. The number of benzene rings is 4. The van der Waals surface area contributed by atoms with Gasteiger partial charge in [0.1, 0.15) is 41.1 Å². The summed E-state index contributed by atoms with van der Waals surface area (Å²) in [5.74, 6) is 2.66. The van der Waals surface area contributed by atoms with Crippen LogP contribution in [0.3, 0.4) is 0 Å². The molecule has 0 aliphatic carbocycles. The Kier molecular flexibility index (Phi) is 18.1. The number of oxime groups is 1. The average Bonchev–Trinajstić information content (AvgIpc) is 4.03. The highest BCUT2D eigenvalue weighted by Crippen LogP contribution is 2.38. The van der Waals surface area contributed by atoms with Crippen molar-refractivity contribution in [3.8, 4) is 35.7 Å². The summed E-state index contributed by atoms with van der Waals surface area (Å²) in [7, 11) is 3.35. The molecule has 1 N–H and O–H groups in total. The highest BCUT2D eigenvalue weighted by molar-refractivity contribution is 6.03. The third-order valence-corrected chi connectivity index (χ3v) is 11.8. The van der Waals surface area contributed by atoms with Crippen molar-refractivity contribution in [1.82, 2.24) is 29.5 Å². The Morgan fingerprint density at radius 3 is 1.86 bits per heavy atom. The van der Waals surface area contributed by atoms with E-state index in [1.165, 1.54) is 24.3 Å². The quantitative estimate of drug-likeness (QED) is 0.0776. The van der Waals surface area contributed by atoms with Gasteiger partial charge in [-0.2, -0.15) is 0 Å². The first kappa shape index (κ1) is 50.9. The molecule has 5 heterocycles. The van der Waals surface area contributed by atoms with Gasteiger partial charge in [0, 0.05) is 25.5 Å². The molecule has 3 aliphatic rings. The number of hydrogen-bond donors (Lipinski definition) is 1. The van der Waals surface area contributed by atoms with Gasteiger partial charge in [-0.3, -0.25) is 9.83 Å². The molecule has 0 radical (unpaired) electrons. The number of halogens is 2. The van der Waals surface area contributed by atoms with Crippen molar-refractivity contribution in [3.63, 3.8) is 0 Å². The first-order valence-corrected chi connectivity index (χ1v) is 23.1. The van der Waals surface area contributed by atoms with Gasteiger partial charge in [0.05, 0.1) is 56.2 Å². The topological polar surface area (TPSA) is 113 Å². The predicted octanol–water partition coefficient (Wildman–Crippen LogP) is 11.0. The Morgan fingerprint density at radius 2 is 1.30 bits per heavy atom. The van der Waals surface area contributed by atoms with Gasteiger partial charge in [-0.15, -0.1) is 12.8 Å². The number of aromatic nitrogens is 4. The van der Waals surface area contributed by atoms with Gasteiger partial charge in [0.15, 0.2) is 5.84 Å². The number of fused-ring (bicyclic) bond motifs is 1. The van der Waals surface area contributed by atoms with Crippen molar-refractivity contribution in [2.24, 2.45) is 10.1 Å². The van der Waals surface area contributed by atoms with Crippen molar-refractivity contribution >= 4 is 23.8 Å². The monoisotopic (exact) mass is 936 g/mol. The van der Waals surface area contributed by atoms with Crippen LogP contribution in [-0.2, 0) is 21.6 Å². The fourth-order valence-electron chi connectivity index (χ4n) is 8.25. The fraction of sp³-hybridized carbons (Fsp3) is 0.309. The molecule has 6 aromatic rings. The SMILES string of the molecule is C#C.CC.COc1cc(/C=C2\CCCN3C2=NOCC3(C)c2ccc(F)cc2)ccc1-n1cnc(C)c1.COc1cc(/C=C2\CCCN=C2NOCCc2ccc(F)cc2)ccc1-n1cnc(C)c1. The molecule has 1 fully saturated rings. The summed E-state index contributed by atoms with van der Waals surface area (Å²) in [6.07, 6.45) is 24.3. The van der Waals surface area contributed by atoms with Crippen molar-refractivity contribution in [2.75, 3.05) is 40.5 Å². The zero-order valence-corrected chi connectivity index (χ0v) is 40.6. The second-order valence-electron chi connectivity index (χ2n) is 16.4. The molecule has 0 saturated carbocycles. The average molecular weight is 937 g/mol. The predicted molar refractivity (Wildman–Crippen MR) is 271 cm³/mol. The molecule has 69 heavy (non-hydrogen) atoms. The number of aliphatic imine (C=N–C) groups is 1. The van der Waals surface area contributed by atoms with Gasteiger partial charge in [-0.1, -0.05) is 55.4 Å². The van der Waals surface area contributed by atoms with Crippen LogP contribution in [0.2, 0.25) is 0 Å². The van der Waals surface area contributed by atoms with Crippen LogP contribution in [0.4, 0.5) is 8.78 Å². The summed E-state index contributed by atoms with van der Waals surface area (Å²) in [6.45, 7) is 12.6. The zero-order valence-electron chi connectivity index (χ0n) is 40.6. The molecule has 4 aromatic carbocycles. The third-order valence-electron chi connectivity index (χ3n) is 11.8. The lowest BCUT2D eigenvalue weighted by atomic mass is 9.86. The number of aryl methyl sites for hydroxylation is 2. The van der Waals surface area contributed by atoms with E-state index < -0.39 is 5.54 Å². The standard InChI is InChI=1S/C26H27FN4O2.C25H27FN4O2.C2H6.C2H2/c1-18-15-30(17-28-18)23-11-6-19(14-24(23)32-3)13-20-5-4-12-31-25(20)29-33-16-26(31,2)21-7-9-22(27)10-8-21;1-18-16-30(17-28-18)23-10-7-20(15-24(23)31-2)14-21-4-3-12-27-25(21)29-32-13-11-19-5-8-22(26)9-6-19;2*1-2/h6-11,13-15,17H,4-5,12,16H2,1-3H3;5-10,14-17H,3-4,11-13H2,1-2H3,(H,27,29);1-2H3;1-2H/b20-13+;21-14+;;. The van der Waals surface area contributed by atoms with Crippen LogP contribution in [0.1, 0.15) is 80.1 Å². The van der Waals surface area contributed by atoms with E-state index in [1.54, 1.807) is 39.0 Å². The van der Waals surface area contributed by atoms with E-state index in [0.717, 1.165) is 118 Å². The van der Waals surface area contributed by atoms with Crippen molar-refractivity contribution in [1.29, 1.82) is 0 Å². The van der Waals surface area contributed by atoms with E-state index in [2.05, 4.69) is 74.6 Å². The molecule has 0 amide bonds. The third kappa shape index (κ3) is 12.7. The van der Waals surface area contributed by atoms with Crippen LogP contribution >= 0.6 is 0 Å². The highest BCUT2D eigenvalue weighted by atomic mass is 19.1. The Morgan fingerprint density at radius 1 is 0.754 bits per heavy atom. The minimum atomic E-state index is -0.412. The van der Waals surface area contributed by atoms with Gasteiger partial charge in [-0.25, -0.2) is 24.2 Å². The maximum absolute atomic E-state index is 13.5. The molecule has 1 saturated heterocycles. The first-order chi connectivity index (χ1) is 33.6. The number of imidazole rings is 2. The Labute approximate surface area is 405 Å². The lowest BCUT2D eigenvalue weighted by Crippen LogP contribution is -2.55. The van der Waals surface area contributed by atoms with Crippen LogP contribution in [0.15, 0.2) is 131 Å². The van der Waals surface area contributed by atoms with Crippen LogP contribution in [-0.4, -0.2) is 76.2 Å². The Balaban J connectivity index is 0.000000212. The zero-order chi connectivity index (χ0) is 49.3. The number of nitrogens with zero attached hydrogens (tertiary/aromatic N) is 7. The highest BCUT2D eigenvalue weighted by Gasteiger charge is 2.42. The van der Waals surface area contributed by atoms with Crippen molar-refractivity contribution in [3.05, 3.63) is 166 Å². The van der Waals surface area contributed by atoms with E-state index in [9.17, 15) is 8.78 Å². The molecule has 1 unspecified atom stereocenters. The van der Waals surface area contributed by atoms with E-state index >= 15 is 0 Å². The maximum atomic E-state index is 13.5. The summed E-state index contributed by atoms with van der Waals surface area (Å²) in [6, 6.07) is 25.4. The van der Waals surface area contributed by atoms with Crippen LogP contribution in [0.25, 0.3) is 23.5 Å². The minimum absolute atomic E-state index is 0.232. The molecule has 9 rings (SSSR count). The van der Waals surface area contributed by atoms with Crippen LogP contribution < -0.4 is 15.0 Å². The number of nitrogens with one attached hydrogen (secondary N) is 1. The lowest BCUT2D eigenvalue weighted by Gasteiger charge is -2.47. The molecule has 2 aromatic heterocycles. The van der Waals surface area contributed by atoms with Crippen LogP contribution in [0, 0.1) is 38.3 Å². The molecule has 12 nitrogen and oxygen atoms in total. The van der Waals surface area contributed by atoms with E-state index in [0.29, 0.717) is 19.6 Å². The van der Waals surface area contributed by atoms with E-state index in [4.69, 9.17) is 19.1 Å². The fourth-order valence-corrected chi connectivity index (χ4v) is 8.25. The van der Waals surface area contributed by atoms with Gasteiger partial charge < -0.3 is 28.3 Å². The number of amidine groups is 2. The van der Waals surface area contributed by atoms with Crippen LogP contribution in [0.5, 0.6) is 11.5 Å². The van der Waals surface area contributed by atoms with Gasteiger partial charge in [-0.05, 0) is 147 Å². The van der Waals surface area contributed by atoms with Gasteiger partial charge in [0.25, 0.3) is 0 Å². The number of piperidine rings is 1. The summed E-state index contributed by atoms with van der Waals surface area (Å²) in [5.41, 5.74) is 12.7. The summed E-state index contributed by atoms with van der Waals surface area (Å²) < 4.78 is 41.7.